The first kappa shape index (κ1) is 16.3. The molecule has 3 atom stereocenters. The number of aliphatic hydroxyl groups excluding tert-OH is 2. The van der Waals surface area contributed by atoms with Crippen molar-refractivity contribution in [3.8, 4) is 5.75 Å². The van der Waals surface area contributed by atoms with E-state index in [2.05, 4.69) is 12.2 Å². The first-order valence-electron chi connectivity index (χ1n) is 7.97. The summed E-state index contributed by atoms with van der Waals surface area (Å²) in [5.41, 5.74) is 1.28. The summed E-state index contributed by atoms with van der Waals surface area (Å²) in [6.45, 7) is 3.66. The summed E-state index contributed by atoms with van der Waals surface area (Å²) in [5.74, 6) is 1.12. The number of hydrogen-bond acceptors (Lipinski definition) is 4. The lowest BCUT2D eigenvalue weighted by atomic mass is 10.1. The summed E-state index contributed by atoms with van der Waals surface area (Å²) >= 11 is 0. The van der Waals surface area contributed by atoms with Gasteiger partial charge in [-0.15, -0.1) is 0 Å². The van der Waals surface area contributed by atoms with E-state index < -0.39 is 6.10 Å². The Labute approximate surface area is 127 Å². The zero-order chi connectivity index (χ0) is 15.1. The molecule has 0 aliphatic heterocycles. The SMILES string of the molecule is CCc1ccc(OCC(O)CNCC2CCCC2O)cc1. The number of ether oxygens (including phenoxy) is 1. The van der Waals surface area contributed by atoms with Gasteiger partial charge in [-0.2, -0.15) is 0 Å². The molecule has 0 aromatic heterocycles. The Morgan fingerprint density at radius 2 is 2.05 bits per heavy atom. The highest BCUT2D eigenvalue weighted by Crippen LogP contribution is 2.24. The van der Waals surface area contributed by atoms with Gasteiger partial charge < -0.3 is 20.3 Å². The average Bonchev–Trinajstić information content (AvgIpc) is 2.91. The van der Waals surface area contributed by atoms with Crippen LogP contribution in [0.4, 0.5) is 0 Å². The van der Waals surface area contributed by atoms with E-state index in [1.807, 2.05) is 24.3 Å². The first-order valence-corrected chi connectivity index (χ1v) is 7.97. The Morgan fingerprint density at radius 3 is 2.67 bits per heavy atom. The van der Waals surface area contributed by atoms with E-state index in [-0.39, 0.29) is 12.7 Å². The van der Waals surface area contributed by atoms with Gasteiger partial charge in [-0.25, -0.2) is 0 Å². The highest BCUT2D eigenvalue weighted by Gasteiger charge is 2.24. The number of hydrogen-bond donors (Lipinski definition) is 3. The largest absolute Gasteiger partial charge is 0.491 e. The Kier molecular flexibility index (Phi) is 6.49. The fraction of sp³-hybridized carbons (Fsp3) is 0.647. The maximum Gasteiger partial charge on any atom is 0.119 e. The lowest BCUT2D eigenvalue weighted by Crippen LogP contribution is -2.35. The maximum atomic E-state index is 9.90. The van der Waals surface area contributed by atoms with Crippen LogP contribution >= 0.6 is 0 Å². The highest BCUT2D eigenvalue weighted by molar-refractivity contribution is 5.27. The van der Waals surface area contributed by atoms with Crippen molar-refractivity contribution in [1.29, 1.82) is 0 Å². The van der Waals surface area contributed by atoms with Crippen molar-refractivity contribution in [3.05, 3.63) is 29.8 Å². The highest BCUT2D eigenvalue weighted by atomic mass is 16.5. The molecule has 0 saturated heterocycles. The summed E-state index contributed by atoms with van der Waals surface area (Å²) in [6, 6.07) is 7.96. The van der Waals surface area contributed by atoms with Gasteiger partial charge in [0.25, 0.3) is 0 Å². The van der Waals surface area contributed by atoms with Crippen molar-refractivity contribution >= 4 is 0 Å². The minimum Gasteiger partial charge on any atom is -0.491 e. The summed E-state index contributed by atoms with van der Waals surface area (Å²) in [4.78, 5) is 0. The van der Waals surface area contributed by atoms with E-state index in [0.717, 1.165) is 38.0 Å². The second-order valence-corrected chi connectivity index (χ2v) is 5.88. The van der Waals surface area contributed by atoms with E-state index >= 15 is 0 Å². The molecular formula is C17H27NO3. The van der Waals surface area contributed by atoms with Crippen molar-refractivity contribution in [2.75, 3.05) is 19.7 Å². The Hall–Kier alpha value is -1.10. The molecule has 1 aliphatic carbocycles. The fourth-order valence-electron chi connectivity index (χ4n) is 2.76. The van der Waals surface area contributed by atoms with Crippen LogP contribution in [-0.2, 0) is 6.42 Å². The topological polar surface area (TPSA) is 61.7 Å². The molecule has 0 spiro atoms. The molecule has 0 heterocycles. The van der Waals surface area contributed by atoms with Crippen LogP contribution in [0.2, 0.25) is 0 Å². The molecule has 3 N–H and O–H groups in total. The van der Waals surface area contributed by atoms with E-state index in [4.69, 9.17) is 4.74 Å². The standard InChI is InChI=1S/C17H27NO3/c1-2-13-6-8-16(9-7-13)21-12-15(19)11-18-10-14-4-3-5-17(14)20/h6-9,14-15,17-20H,2-5,10-12H2,1H3. The number of benzene rings is 1. The predicted octanol–water partition coefficient (Wildman–Crippen LogP) is 1.74. The molecule has 21 heavy (non-hydrogen) atoms. The minimum absolute atomic E-state index is 0.178. The molecule has 2 rings (SSSR count). The van der Waals surface area contributed by atoms with Crippen molar-refractivity contribution in [1.82, 2.24) is 5.32 Å². The van der Waals surface area contributed by atoms with Crippen LogP contribution in [0, 0.1) is 5.92 Å². The first-order chi connectivity index (χ1) is 10.2. The van der Waals surface area contributed by atoms with Gasteiger partial charge in [-0.3, -0.25) is 0 Å². The molecule has 118 valence electrons. The second kappa shape index (κ2) is 8.37. The van der Waals surface area contributed by atoms with E-state index in [9.17, 15) is 10.2 Å². The lowest BCUT2D eigenvalue weighted by Gasteiger charge is -2.17. The zero-order valence-corrected chi connectivity index (χ0v) is 12.8. The molecule has 1 aliphatic rings. The summed E-state index contributed by atoms with van der Waals surface area (Å²) in [7, 11) is 0. The van der Waals surface area contributed by atoms with Gasteiger partial charge in [0.2, 0.25) is 0 Å². The van der Waals surface area contributed by atoms with Gasteiger partial charge in [0.05, 0.1) is 6.10 Å². The van der Waals surface area contributed by atoms with Gasteiger partial charge in [0.1, 0.15) is 18.5 Å². The van der Waals surface area contributed by atoms with E-state index in [0.29, 0.717) is 12.5 Å². The quantitative estimate of drug-likeness (QED) is 0.683. The molecular weight excluding hydrogens is 266 g/mol. The molecule has 1 aromatic carbocycles. The Bertz CT molecular complexity index is 407. The molecule has 4 heteroatoms. The van der Waals surface area contributed by atoms with Crippen molar-refractivity contribution in [3.63, 3.8) is 0 Å². The normalized spacial score (nSPS) is 23.2. The second-order valence-electron chi connectivity index (χ2n) is 5.88. The van der Waals surface area contributed by atoms with Gasteiger partial charge >= 0.3 is 0 Å². The van der Waals surface area contributed by atoms with Crippen LogP contribution in [0.3, 0.4) is 0 Å². The third kappa shape index (κ3) is 5.30. The minimum atomic E-state index is -0.533. The van der Waals surface area contributed by atoms with Gasteiger partial charge in [0, 0.05) is 13.1 Å². The van der Waals surface area contributed by atoms with Crippen LogP contribution in [0.1, 0.15) is 31.7 Å². The molecule has 0 radical (unpaired) electrons. The maximum absolute atomic E-state index is 9.90. The van der Waals surface area contributed by atoms with Gasteiger partial charge in [-0.05, 0) is 42.9 Å². The van der Waals surface area contributed by atoms with Crippen LogP contribution < -0.4 is 10.1 Å². The molecule has 0 bridgehead atoms. The summed E-state index contributed by atoms with van der Waals surface area (Å²) < 4.78 is 5.57. The number of aliphatic hydroxyl groups is 2. The monoisotopic (exact) mass is 293 g/mol. The van der Waals surface area contributed by atoms with Crippen LogP contribution in [0.15, 0.2) is 24.3 Å². The molecule has 0 amide bonds. The summed E-state index contributed by atoms with van der Waals surface area (Å²) in [5, 5.41) is 22.8. The summed E-state index contributed by atoms with van der Waals surface area (Å²) in [6.07, 6.45) is 3.39. The zero-order valence-electron chi connectivity index (χ0n) is 12.8. The van der Waals surface area contributed by atoms with Gasteiger partial charge in [-0.1, -0.05) is 25.5 Å². The molecule has 4 nitrogen and oxygen atoms in total. The molecule has 1 fully saturated rings. The molecule has 1 saturated carbocycles. The van der Waals surface area contributed by atoms with Crippen molar-refractivity contribution < 1.29 is 14.9 Å². The third-order valence-electron chi connectivity index (χ3n) is 4.18. The van der Waals surface area contributed by atoms with Crippen LogP contribution in [0.5, 0.6) is 5.75 Å². The van der Waals surface area contributed by atoms with Gasteiger partial charge in [0.15, 0.2) is 0 Å². The average molecular weight is 293 g/mol. The predicted molar refractivity (Wildman–Crippen MR) is 83.5 cm³/mol. The van der Waals surface area contributed by atoms with Crippen LogP contribution in [-0.4, -0.2) is 42.1 Å². The van der Waals surface area contributed by atoms with Crippen LogP contribution in [0.25, 0.3) is 0 Å². The van der Waals surface area contributed by atoms with E-state index in [1.165, 1.54) is 5.56 Å². The van der Waals surface area contributed by atoms with Crippen molar-refractivity contribution in [2.45, 2.75) is 44.8 Å². The number of aryl methyl sites for hydroxylation is 1. The van der Waals surface area contributed by atoms with E-state index in [1.54, 1.807) is 0 Å². The number of rotatable bonds is 8. The smallest absolute Gasteiger partial charge is 0.119 e. The Morgan fingerprint density at radius 1 is 1.29 bits per heavy atom. The Balaban J connectivity index is 1.61. The molecule has 1 aromatic rings. The number of nitrogens with one attached hydrogen (secondary N) is 1. The fourth-order valence-corrected chi connectivity index (χ4v) is 2.76. The molecule has 3 unspecified atom stereocenters. The third-order valence-corrected chi connectivity index (χ3v) is 4.18. The van der Waals surface area contributed by atoms with Crippen molar-refractivity contribution in [2.24, 2.45) is 5.92 Å². The lowest BCUT2D eigenvalue weighted by molar-refractivity contribution is 0.0981.